The summed E-state index contributed by atoms with van der Waals surface area (Å²) in [5, 5.41) is 5.48. The molecule has 0 atom stereocenters. The first-order valence-electron chi connectivity index (χ1n) is 5.86. The van der Waals surface area contributed by atoms with Crippen molar-refractivity contribution in [2.24, 2.45) is 0 Å². The second-order valence-electron chi connectivity index (χ2n) is 3.98. The van der Waals surface area contributed by atoms with Crippen molar-refractivity contribution >= 4 is 17.5 Å². The third-order valence-electron chi connectivity index (χ3n) is 2.31. The number of amides is 2. The fraction of sp³-hybridized carbons (Fsp3) is 0.286. The summed E-state index contributed by atoms with van der Waals surface area (Å²) >= 11 is 0. The van der Waals surface area contributed by atoms with Gasteiger partial charge in [-0.25, -0.2) is 0 Å². The van der Waals surface area contributed by atoms with Gasteiger partial charge < -0.3 is 10.6 Å². The van der Waals surface area contributed by atoms with Crippen LogP contribution in [0.15, 0.2) is 36.9 Å². The Labute approximate surface area is 107 Å². The van der Waals surface area contributed by atoms with Crippen LogP contribution in [0.3, 0.4) is 0 Å². The second kappa shape index (κ2) is 7.27. The number of nitrogens with one attached hydrogen (secondary N) is 2. The van der Waals surface area contributed by atoms with Crippen LogP contribution in [0.5, 0.6) is 0 Å². The Morgan fingerprint density at radius 1 is 1.28 bits per heavy atom. The van der Waals surface area contributed by atoms with Crippen molar-refractivity contribution in [3.05, 3.63) is 42.5 Å². The summed E-state index contributed by atoms with van der Waals surface area (Å²) in [6, 6.07) is 7.23. The van der Waals surface area contributed by atoms with Crippen molar-refractivity contribution in [1.82, 2.24) is 5.32 Å². The molecule has 0 saturated heterocycles. The van der Waals surface area contributed by atoms with Gasteiger partial charge in [0.2, 0.25) is 11.8 Å². The van der Waals surface area contributed by atoms with Crippen LogP contribution in [0.1, 0.15) is 18.9 Å². The Bertz CT molecular complexity index is 424. The number of rotatable bonds is 6. The van der Waals surface area contributed by atoms with E-state index in [1.807, 2.05) is 12.1 Å². The van der Waals surface area contributed by atoms with Gasteiger partial charge in [-0.3, -0.25) is 9.59 Å². The molecule has 0 aliphatic carbocycles. The lowest BCUT2D eigenvalue weighted by Crippen LogP contribution is -2.25. The SMILES string of the molecule is C=CCCNC(=O)Cc1ccc(NC(C)=O)cc1. The Hall–Kier alpha value is -2.10. The molecule has 0 bridgehead atoms. The predicted molar refractivity (Wildman–Crippen MR) is 72.3 cm³/mol. The van der Waals surface area contributed by atoms with Crippen LogP contribution >= 0.6 is 0 Å². The molecule has 0 aromatic heterocycles. The topological polar surface area (TPSA) is 58.2 Å². The summed E-state index contributed by atoms with van der Waals surface area (Å²) < 4.78 is 0. The molecule has 0 radical (unpaired) electrons. The molecule has 1 aromatic carbocycles. The van der Waals surface area contributed by atoms with Gasteiger partial charge in [0.05, 0.1) is 6.42 Å². The largest absolute Gasteiger partial charge is 0.356 e. The Morgan fingerprint density at radius 2 is 1.94 bits per heavy atom. The highest BCUT2D eigenvalue weighted by Gasteiger charge is 2.02. The fourth-order valence-corrected chi connectivity index (χ4v) is 1.47. The van der Waals surface area contributed by atoms with E-state index in [4.69, 9.17) is 0 Å². The van der Waals surface area contributed by atoms with E-state index in [2.05, 4.69) is 17.2 Å². The van der Waals surface area contributed by atoms with E-state index in [1.54, 1.807) is 18.2 Å². The summed E-state index contributed by atoms with van der Waals surface area (Å²) in [6.45, 7) is 5.67. The van der Waals surface area contributed by atoms with E-state index in [0.717, 1.165) is 17.7 Å². The van der Waals surface area contributed by atoms with Gasteiger partial charge in [0, 0.05) is 19.2 Å². The zero-order valence-electron chi connectivity index (χ0n) is 10.5. The number of hydrogen-bond donors (Lipinski definition) is 2. The number of carbonyl (C=O) groups is 2. The van der Waals surface area contributed by atoms with Gasteiger partial charge >= 0.3 is 0 Å². The lowest BCUT2D eigenvalue weighted by Gasteiger charge is -2.05. The monoisotopic (exact) mass is 246 g/mol. The van der Waals surface area contributed by atoms with Crippen LogP contribution in [-0.2, 0) is 16.0 Å². The number of hydrogen-bond acceptors (Lipinski definition) is 2. The van der Waals surface area contributed by atoms with Gasteiger partial charge in [-0.1, -0.05) is 18.2 Å². The van der Waals surface area contributed by atoms with Crippen LogP contribution in [0.4, 0.5) is 5.69 Å². The average molecular weight is 246 g/mol. The van der Waals surface area contributed by atoms with Gasteiger partial charge in [0.1, 0.15) is 0 Å². The third kappa shape index (κ3) is 5.30. The maximum Gasteiger partial charge on any atom is 0.224 e. The van der Waals surface area contributed by atoms with Gasteiger partial charge in [-0.2, -0.15) is 0 Å². The molecule has 2 amide bonds. The van der Waals surface area contributed by atoms with Gasteiger partial charge in [-0.05, 0) is 24.1 Å². The van der Waals surface area contributed by atoms with E-state index < -0.39 is 0 Å². The van der Waals surface area contributed by atoms with Crippen molar-refractivity contribution in [1.29, 1.82) is 0 Å². The van der Waals surface area contributed by atoms with Crippen LogP contribution in [-0.4, -0.2) is 18.4 Å². The standard InChI is InChI=1S/C14H18N2O2/c1-3-4-9-15-14(18)10-12-5-7-13(8-6-12)16-11(2)17/h3,5-8H,1,4,9-10H2,2H3,(H,15,18)(H,16,17). The van der Waals surface area contributed by atoms with Crippen LogP contribution in [0.25, 0.3) is 0 Å². The highest BCUT2D eigenvalue weighted by Crippen LogP contribution is 2.09. The smallest absolute Gasteiger partial charge is 0.224 e. The Kier molecular flexibility index (Phi) is 5.64. The van der Waals surface area contributed by atoms with Crippen molar-refractivity contribution in [2.75, 3.05) is 11.9 Å². The number of benzene rings is 1. The van der Waals surface area contributed by atoms with Crippen molar-refractivity contribution in [3.63, 3.8) is 0 Å². The lowest BCUT2D eigenvalue weighted by molar-refractivity contribution is -0.120. The van der Waals surface area contributed by atoms with Gasteiger partial charge in [0.15, 0.2) is 0 Å². The van der Waals surface area contributed by atoms with E-state index in [-0.39, 0.29) is 11.8 Å². The van der Waals surface area contributed by atoms with Gasteiger partial charge in [-0.15, -0.1) is 6.58 Å². The molecule has 0 fully saturated rings. The first kappa shape index (κ1) is 14.0. The highest BCUT2D eigenvalue weighted by molar-refractivity contribution is 5.88. The average Bonchev–Trinajstić information content (AvgIpc) is 2.31. The molecule has 0 spiro atoms. The molecular weight excluding hydrogens is 228 g/mol. The maximum absolute atomic E-state index is 11.5. The molecule has 0 saturated carbocycles. The predicted octanol–water partition coefficient (Wildman–Crippen LogP) is 1.88. The Balaban J connectivity index is 2.45. The van der Waals surface area contributed by atoms with Crippen molar-refractivity contribution < 1.29 is 9.59 Å². The molecule has 18 heavy (non-hydrogen) atoms. The fourth-order valence-electron chi connectivity index (χ4n) is 1.47. The third-order valence-corrected chi connectivity index (χ3v) is 2.31. The first-order valence-corrected chi connectivity index (χ1v) is 5.86. The highest BCUT2D eigenvalue weighted by atomic mass is 16.2. The van der Waals surface area contributed by atoms with Crippen molar-refractivity contribution in [2.45, 2.75) is 19.8 Å². The molecule has 0 heterocycles. The summed E-state index contributed by atoms with van der Waals surface area (Å²) in [4.78, 5) is 22.4. The first-order chi connectivity index (χ1) is 8.61. The minimum Gasteiger partial charge on any atom is -0.356 e. The molecule has 4 heteroatoms. The molecule has 4 nitrogen and oxygen atoms in total. The van der Waals surface area contributed by atoms with E-state index in [9.17, 15) is 9.59 Å². The summed E-state index contributed by atoms with van der Waals surface area (Å²) in [5.74, 6) is -0.117. The molecule has 0 aliphatic rings. The van der Waals surface area contributed by atoms with E-state index in [1.165, 1.54) is 6.92 Å². The maximum atomic E-state index is 11.5. The molecule has 2 N–H and O–H groups in total. The van der Waals surface area contributed by atoms with Crippen molar-refractivity contribution in [3.8, 4) is 0 Å². The summed E-state index contributed by atoms with van der Waals surface area (Å²) in [7, 11) is 0. The summed E-state index contributed by atoms with van der Waals surface area (Å²) in [6.07, 6.45) is 2.88. The Morgan fingerprint density at radius 3 is 2.50 bits per heavy atom. The summed E-state index contributed by atoms with van der Waals surface area (Å²) in [5.41, 5.74) is 1.65. The lowest BCUT2D eigenvalue weighted by atomic mass is 10.1. The van der Waals surface area contributed by atoms with E-state index in [0.29, 0.717) is 13.0 Å². The minimum atomic E-state index is -0.107. The molecule has 0 aliphatic heterocycles. The second-order valence-corrected chi connectivity index (χ2v) is 3.98. The number of anilines is 1. The number of carbonyl (C=O) groups excluding carboxylic acids is 2. The molecule has 1 aromatic rings. The van der Waals surface area contributed by atoms with Crippen LogP contribution in [0, 0.1) is 0 Å². The molecular formula is C14H18N2O2. The molecule has 0 unspecified atom stereocenters. The molecule has 1 rings (SSSR count). The van der Waals surface area contributed by atoms with Crippen LogP contribution < -0.4 is 10.6 Å². The van der Waals surface area contributed by atoms with Gasteiger partial charge in [0.25, 0.3) is 0 Å². The zero-order chi connectivity index (χ0) is 13.4. The molecule has 96 valence electrons. The minimum absolute atomic E-state index is 0.0101. The quantitative estimate of drug-likeness (QED) is 0.594. The van der Waals surface area contributed by atoms with Crippen LogP contribution in [0.2, 0.25) is 0 Å². The normalized spacial score (nSPS) is 9.61. The van der Waals surface area contributed by atoms with E-state index >= 15 is 0 Å². The zero-order valence-corrected chi connectivity index (χ0v) is 10.5.